The van der Waals surface area contributed by atoms with Crippen molar-refractivity contribution in [2.75, 3.05) is 26.7 Å². The van der Waals surface area contributed by atoms with Gasteiger partial charge in [-0.1, -0.05) is 0 Å². The van der Waals surface area contributed by atoms with Crippen LogP contribution in [0, 0.1) is 6.92 Å². The molecule has 1 aliphatic rings. The van der Waals surface area contributed by atoms with E-state index in [-0.39, 0.29) is 25.0 Å². The Morgan fingerprint density at radius 1 is 1.62 bits per heavy atom. The maximum atomic E-state index is 13.6. The van der Waals surface area contributed by atoms with Crippen molar-refractivity contribution in [3.63, 3.8) is 0 Å². The second kappa shape index (κ2) is 6.48. The molecule has 1 aromatic heterocycles. The van der Waals surface area contributed by atoms with Crippen molar-refractivity contribution in [2.24, 2.45) is 5.73 Å². The Balaban J connectivity index is 2.01. The van der Waals surface area contributed by atoms with Gasteiger partial charge in [-0.2, -0.15) is 4.37 Å². The standard InChI is InChI=1S/C13H19FN4O2S/c1-8-11(7-21-16-8)13(20)17(2)5-10-3-9(14)4-18(10)6-12(15)19/h7,9-10H,3-6H2,1-2H3,(H2,15,19)/t9-,10-/m0/s1. The Labute approximate surface area is 126 Å². The molecule has 6 nitrogen and oxygen atoms in total. The third kappa shape index (κ3) is 3.76. The first-order valence-corrected chi connectivity index (χ1v) is 7.55. The summed E-state index contributed by atoms with van der Waals surface area (Å²) >= 11 is 1.23. The molecule has 1 aliphatic heterocycles. The summed E-state index contributed by atoms with van der Waals surface area (Å²) < 4.78 is 17.6. The molecule has 0 aliphatic carbocycles. The SMILES string of the molecule is Cc1nscc1C(=O)N(C)C[C@@H]1C[C@H](F)CN1CC(N)=O. The largest absolute Gasteiger partial charge is 0.369 e. The molecule has 1 saturated heterocycles. The van der Waals surface area contributed by atoms with Gasteiger partial charge < -0.3 is 10.6 Å². The zero-order valence-corrected chi connectivity index (χ0v) is 12.9. The second-order valence-corrected chi connectivity index (χ2v) is 6.01. The second-order valence-electron chi connectivity index (χ2n) is 5.38. The molecule has 1 aromatic rings. The number of halogens is 1. The molecule has 0 saturated carbocycles. The summed E-state index contributed by atoms with van der Waals surface area (Å²) in [6.07, 6.45) is -0.673. The normalized spacial score (nSPS) is 22.4. The van der Waals surface area contributed by atoms with E-state index in [1.807, 2.05) is 0 Å². The zero-order valence-electron chi connectivity index (χ0n) is 12.1. The van der Waals surface area contributed by atoms with Crippen LogP contribution >= 0.6 is 11.5 Å². The van der Waals surface area contributed by atoms with Crippen molar-refractivity contribution in [3.8, 4) is 0 Å². The van der Waals surface area contributed by atoms with Gasteiger partial charge in [0.05, 0.1) is 17.8 Å². The van der Waals surface area contributed by atoms with E-state index in [2.05, 4.69) is 4.37 Å². The molecule has 2 rings (SSSR count). The number of carbonyl (C=O) groups excluding carboxylic acids is 2. The Morgan fingerprint density at radius 2 is 2.33 bits per heavy atom. The number of carbonyl (C=O) groups is 2. The van der Waals surface area contributed by atoms with Crippen LogP contribution in [0.1, 0.15) is 22.5 Å². The molecule has 0 aromatic carbocycles. The Morgan fingerprint density at radius 3 is 2.90 bits per heavy atom. The molecule has 2 atom stereocenters. The quantitative estimate of drug-likeness (QED) is 0.854. The van der Waals surface area contributed by atoms with E-state index in [4.69, 9.17) is 5.73 Å². The van der Waals surface area contributed by atoms with E-state index in [1.54, 1.807) is 29.2 Å². The molecular weight excluding hydrogens is 295 g/mol. The van der Waals surface area contributed by atoms with Gasteiger partial charge in [-0.25, -0.2) is 4.39 Å². The van der Waals surface area contributed by atoms with Gasteiger partial charge in [-0.05, 0) is 24.9 Å². The fourth-order valence-corrected chi connectivity index (χ4v) is 3.29. The number of alkyl halides is 1. The number of nitrogens with two attached hydrogens (primary N) is 1. The lowest BCUT2D eigenvalue weighted by molar-refractivity contribution is -0.119. The highest BCUT2D eigenvalue weighted by Crippen LogP contribution is 2.21. The summed E-state index contributed by atoms with van der Waals surface area (Å²) in [5.41, 5.74) is 6.44. The van der Waals surface area contributed by atoms with Gasteiger partial charge in [-0.3, -0.25) is 14.5 Å². The van der Waals surface area contributed by atoms with Crippen molar-refractivity contribution >= 4 is 23.3 Å². The van der Waals surface area contributed by atoms with E-state index in [1.165, 1.54) is 11.5 Å². The summed E-state index contributed by atoms with van der Waals surface area (Å²) in [6.45, 7) is 2.35. The van der Waals surface area contributed by atoms with E-state index in [0.717, 1.165) is 0 Å². The van der Waals surface area contributed by atoms with Gasteiger partial charge in [0.25, 0.3) is 5.91 Å². The highest BCUT2D eigenvalue weighted by atomic mass is 32.1. The predicted octanol–water partition coefficient (Wildman–Crippen LogP) is 0.421. The van der Waals surface area contributed by atoms with Crippen LogP contribution in [0.3, 0.4) is 0 Å². The highest BCUT2D eigenvalue weighted by molar-refractivity contribution is 7.03. The molecule has 2 N–H and O–H groups in total. The lowest BCUT2D eigenvalue weighted by Crippen LogP contribution is -2.44. The maximum absolute atomic E-state index is 13.6. The van der Waals surface area contributed by atoms with E-state index >= 15 is 0 Å². The first kappa shape index (κ1) is 15.8. The fraction of sp³-hybridized carbons (Fsp3) is 0.615. The molecular formula is C13H19FN4O2S. The van der Waals surface area contributed by atoms with Crippen molar-refractivity contribution in [3.05, 3.63) is 16.6 Å². The first-order chi connectivity index (χ1) is 9.88. The number of primary amides is 1. The van der Waals surface area contributed by atoms with Crippen LogP contribution in [-0.2, 0) is 4.79 Å². The molecule has 0 bridgehead atoms. The summed E-state index contributed by atoms with van der Waals surface area (Å²) in [5, 5.41) is 1.71. The van der Waals surface area contributed by atoms with Crippen LogP contribution in [0.5, 0.6) is 0 Å². The number of aryl methyl sites for hydroxylation is 1. The van der Waals surface area contributed by atoms with Crippen LogP contribution in [0.25, 0.3) is 0 Å². The van der Waals surface area contributed by atoms with Crippen LogP contribution in [0.4, 0.5) is 4.39 Å². The number of hydrogen-bond acceptors (Lipinski definition) is 5. The zero-order chi connectivity index (χ0) is 15.6. The van der Waals surface area contributed by atoms with E-state index in [0.29, 0.717) is 24.2 Å². The van der Waals surface area contributed by atoms with Gasteiger partial charge in [0, 0.05) is 31.6 Å². The monoisotopic (exact) mass is 314 g/mol. The lowest BCUT2D eigenvalue weighted by atomic mass is 10.1. The van der Waals surface area contributed by atoms with Gasteiger partial charge in [0.2, 0.25) is 5.91 Å². The number of likely N-dealkylation sites (tertiary alicyclic amines) is 1. The number of rotatable bonds is 5. The summed E-state index contributed by atoms with van der Waals surface area (Å²) in [6, 6.07) is -0.187. The predicted molar refractivity (Wildman–Crippen MR) is 77.9 cm³/mol. The van der Waals surface area contributed by atoms with Crippen molar-refractivity contribution in [2.45, 2.75) is 25.6 Å². The number of amides is 2. The molecule has 2 amide bonds. The number of nitrogens with zero attached hydrogens (tertiary/aromatic N) is 3. The summed E-state index contributed by atoms with van der Waals surface area (Å²) in [4.78, 5) is 26.6. The topological polar surface area (TPSA) is 79.5 Å². The molecule has 116 valence electrons. The third-order valence-electron chi connectivity index (χ3n) is 3.65. The van der Waals surface area contributed by atoms with Crippen molar-refractivity contribution in [1.82, 2.24) is 14.2 Å². The average molecular weight is 314 g/mol. The first-order valence-electron chi connectivity index (χ1n) is 6.71. The minimum atomic E-state index is -0.984. The number of hydrogen-bond donors (Lipinski definition) is 1. The van der Waals surface area contributed by atoms with Gasteiger partial charge in [-0.15, -0.1) is 0 Å². The molecule has 0 radical (unpaired) electrons. The Bertz CT molecular complexity index is 536. The molecule has 21 heavy (non-hydrogen) atoms. The highest BCUT2D eigenvalue weighted by Gasteiger charge is 2.34. The van der Waals surface area contributed by atoms with Crippen molar-refractivity contribution < 1.29 is 14.0 Å². The molecule has 0 spiro atoms. The summed E-state index contributed by atoms with van der Waals surface area (Å²) in [7, 11) is 1.67. The summed E-state index contributed by atoms with van der Waals surface area (Å²) in [5.74, 6) is -0.622. The molecule has 0 unspecified atom stereocenters. The number of likely N-dealkylation sites (N-methyl/N-ethyl adjacent to an activating group) is 1. The minimum Gasteiger partial charge on any atom is -0.369 e. The van der Waals surface area contributed by atoms with Gasteiger partial charge >= 0.3 is 0 Å². The van der Waals surface area contributed by atoms with E-state index in [9.17, 15) is 14.0 Å². The smallest absolute Gasteiger partial charge is 0.256 e. The van der Waals surface area contributed by atoms with Crippen LogP contribution in [0.2, 0.25) is 0 Å². The third-order valence-corrected chi connectivity index (χ3v) is 4.37. The fourth-order valence-electron chi connectivity index (χ4n) is 2.61. The van der Waals surface area contributed by atoms with Gasteiger partial charge in [0.1, 0.15) is 6.17 Å². The van der Waals surface area contributed by atoms with Gasteiger partial charge in [0.15, 0.2) is 0 Å². The Hall–Kier alpha value is -1.54. The number of aromatic nitrogens is 1. The lowest BCUT2D eigenvalue weighted by Gasteiger charge is -2.27. The van der Waals surface area contributed by atoms with Crippen LogP contribution in [0.15, 0.2) is 5.38 Å². The van der Waals surface area contributed by atoms with Crippen LogP contribution < -0.4 is 5.73 Å². The molecule has 8 heteroatoms. The molecule has 1 fully saturated rings. The maximum Gasteiger partial charge on any atom is 0.256 e. The minimum absolute atomic E-state index is 0.0200. The van der Waals surface area contributed by atoms with Crippen molar-refractivity contribution in [1.29, 1.82) is 0 Å². The van der Waals surface area contributed by atoms with E-state index < -0.39 is 12.1 Å². The molecule has 2 heterocycles. The van der Waals surface area contributed by atoms with Crippen LogP contribution in [-0.4, -0.2) is 64.9 Å². The Kier molecular flexibility index (Phi) is 4.89. The average Bonchev–Trinajstić information content (AvgIpc) is 2.94.